The van der Waals surface area contributed by atoms with Crippen LogP contribution < -0.4 is 5.43 Å². The summed E-state index contributed by atoms with van der Waals surface area (Å²) in [6.45, 7) is 0. The molecule has 0 radical (unpaired) electrons. The Morgan fingerprint density at radius 3 is 2.35 bits per heavy atom. The van der Waals surface area contributed by atoms with Gasteiger partial charge in [-0.2, -0.15) is 5.10 Å². The lowest BCUT2D eigenvalue weighted by molar-refractivity contribution is 1.28. The van der Waals surface area contributed by atoms with Crippen molar-refractivity contribution in [2.24, 2.45) is 5.10 Å². The van der Waals surface area contributed by atoms with Gasteiger partial charge in [-0.15, -0.1) is 0 Å². The molecule has 0 fully saturated rings. The van der Waals surface area contributed by atoms with Crippen LogP contribution >= 0.6 is 23.2 Å². The molecule has 1 N–H and O–H groups in total. The zero-order valence-electron chi connectivity index (χ0n) is 8.77. The molecule has 3 nitrogen and oxygen atoms in total. The normalized spacial score (nSPS) is 10.7. The van der Waals surface area contributed by atoms with Crippen molar-refractivity contribution in [3.8, 4) is 0 Å². The SMILES string of the molecule is Clc1cccc(Cl)c1/C=N/Nc1ccncc1. The predicted molar refractivity (Wildman–Crippen MR) is 71.9 cm³/mol. The fourth-order valence-electron chi connectivity index (χ4n) is 1.23. The van der Waals surface area contributed by atoms with Gasteiger partial charge in [-0.3, -0.25) is 10.4 Å². The fraction of sp³-hybridized carbons (Fsp3) is 0. The molecule has 17 heavy (non-hydrogen) atoms. The van der Waals surface area contributed by atoms with Crippen molar-refractivity contribution in [1.82, 2.24) is 4.98 Å². The minimum absolute atomic E-state index is 0.567. The van der Waals surface area contributed by atoms with Gasteiger partial charge in [-0.25, -0.2) is 0 Å². The van der Waals surface area contributed by atoms with Crippen molar-refractivity contribution in [1.29, 1.82) is 0 Å². The second kappa shape index (κ2) is 5.66. The third-order valence-corrected chi connectivity index (χ3v) is 2.73. The van der Waals surface area contributed by atoms with Crippen molar-refractivity contribution >= 4 is 35.1 Å². The number of pyridine rings is 1. The monoisotopic (exact) mass is 265 g/mol. The molecule has 0 saturated heterocycles. The third-order valence-electron chi connectivity index (χ3n) is 2.07. The highest BCUT2D eigenvalue weighted by molar-refractivity contribution is 6.38. The molecule has 0 spiro atoms. The summed E-state index contributed by atoms with van der Waals surface area (Å²) in [6.07, 6.45) is 4.95. The van der Waals surface area contributed by atoms with Crippen LogP contribution in [-0.4, -0.2) is 11.2 Å². The van der Waals surface area contributed by atoms with Crippen LogP contribution in [0, 0.1) is 0 Å². The smallest absolute Gasteiger partial charge is 0.0592 e. The Morgan fingerprint density at radius 1 is 1.06 bits per heavy atom. The first-order valence-electron chi connectivity index (χ1n) is 4.90. The van der Waals surface area contributed by atoms with Crippen molar-refractivity contribution < 1.29 is 0 Å². The summed E-state index contributed by atoms with van der Waals surface area (Å²) in [5.74, 6) is 0. The second-order valence-electron chi connectivity index (χ2n) is 3.24. The maximum atomic E-state index is 6.00. The van der Waals surface area contributed by atoms with Crippen LogP contribution in [0.3, 0.4) is 0 Å². The minimum Gasteiger partial charge on any atom is -0.278 e. The first-order chi connectivity index (χ1) is 8.27. The van der Waals surface area contributed by atoms with Crippen LogP contribution in [0.2, 0.25) is 10.0 Å². The zero-order valence-corrected chi connectivity index (χ0v) is 10.3. The van der Waals surface area contributed by atoms with E-state index < -0.39 is 0 Å². The van der Waals surface area contributed by atoms with Crippen LogP contribution in [0.5, 0.6) is 0 Å². The number of nitrogens with zero attached hydrogens (tertiary/aromatic N) is 2. The van der Waals surface area contributed by atoms with E-state index in [4.69, 9.17) is 23.2 Å². The maximum absolute atomic E-state index is 6.00. The topological polar surface area (TPSA) is 37.3 Å². The van der Waals surface area contributed by atoms with Crippen LogP contribution in [0.4, 0.5) is 5.69 Å². The second-order valence-corrected chi connectivity index (χ2v) is 4.06. The molecule has 2 rings (SSSR count). The Kier molecular flexibility index (Phi) is 3.96. The van der Waals surface area contributed by atoms with E-state index in [1.165, 1.54) is 0 Å². The molecule has 0 aliphatic rings. The van der Waals surface area contributed by atoms with Gasteiger partial charge in [-0.05, 0) is 24.3 Å². The molecule has 5 heteroatoms. The Bertz CT molecular complexity index is 506. The van der Waals surface area contributed by atoms with Gasteiger partial charge in [0.15, 0.2) is 0 Å². The van der Waals surface area contributed by atoms with Gasteiger partial charge in [-0.1, -0.05) is 29.3 Å². The van der Waals surface area contributed by atoms with Crippen LogP contribution in [0.1, 0.15) is 5.56 Å². The van der Waals surface area contributed by atoms with Gasteiger partial charge in [0.1, 0.15) is 0 Å². The molecular formula is C12H9Cl2N3. The Balaban J connectivity index is 2.11. The highest BCUT2D eigenvalue weighted by Gasteiger charge is 2.01. The van der Waals surface area contributed by atoms with E-state index >= 15 is 0 Å². The largest absolute Gasteiger partial charge is 0.278 e. The van der Waals surface area contributed by atoms with Crippen LogP contribution in [-0.2, 0) is 0 Å². The third kappa shape index (κ3) is 3.19. The van der Waals surface area contributed by atoms with E-state index in [-0.39, 0.29) is 0 Å². The Labute approximate surface area is 109 Å². The van der Waals surface area contributed by atoms with Crippen molar-refractivity contribution in [2.75, 3.05) is 5.43 Å². The molecule has 1 aromatic heterocycles. The summed E-state index contributed by atoms with van der Waals surface area (Å²) in [7, 11) is 0. The van der Waals surface area contributed by atoms with Crippen molar-refractivity contribution in [3.05, 3.63) is 58.3 Å². The highest BCUT2D eigenvalue weighted by Crippen LogP contribution is 2.22. The van der Waals surface area contributed by atoms with Crippen molar-refractivity contribution in [2.45, 2.75) is 0 Å². The molecule has 0 bridgehead atoms. The molecule has 1 aromatic carbocycles. The van der Waals surface area contributed by atoms with E-state index in [2.05, 4.69) is 15.5 Å². The molecule has 0 unspecified atom stereocenters. The van der Waals surface area contributed by atoms with Crippen molar-refractivity contribution in [3.63, 3.8) is 0 Å². The molecule has 86 valence electrons. The number of benzene rings is 1. The summed E-state index contributed by atoms with van der Waals surface area (Å²) >= 11 is 12.0. The summed E-state index contributed by atoms with van der Waals surface area (Å²) in [4.78, 5) is 3.91. The fourth-order valence-corrected chi connectivity index (χ4v) is 1.73. The predicted octanol–water partition coefficient (Wildman–Crippen LogP) is 3.83. The van der Waals surface area contributed by atoms with Gasteiger partial charge in [0.05, 0.1) is 21.9 Å². The Hall–Kier alpha value is -1.58. The number of hydrazone groups is 1. The number of hydrogen-bond acceptors (Lipinski definition) is 3. The number of halogens is 2. The average Bonchev–Trinajstić information content (AvgIpc) is 2.34. The van der Waals surface area contributed by atoms with Gasteiger partial charge in [0.2, 0.25) is 0 Å². The van der Waals surface area contributed by atoms with E-state index in [0.29, 0.717) is 15.6 Å². The molecule has 0 atom stereocenters. The minimum atomic E-state index is 0.567. The molecule has 0 aliphatic carbocycles. The molecule has 0 saturated carbocycles. The first kappa shape index (κ1) is 11.9. The van der Waals surface area contributed by atoms with Gasteiger partial charge >= 0.3 is 0 Å². The molecular weight excluding hydrogens is 257 g/mol. The number of aromatic nitrogens is 1. The highest BCUT2D eigenvalue weighted by atomic mass is 35.5. The maximum Gasteiger partial charge on any atom is 0.0592 e. The average molecular weight is 266 g/mol. The lowest BCUT2D eigenvalue weighted by atomic mass is 10.2. The summed E-state index contributed by atoms with van der Waals surface area (Å²) < 4.78 is 0. The van der Waals surface area contributed by atoms with E-state index in [1.54, 1.807) is 36.8 Å². The number of rotatable bonds is 3. The molecule has 0 amide bonds. The standard InChI is InChI=1S/C12H9Cl2N3/c13-11-2-1-3-12(14)10(11)8-16-17-9-4-6-15-7-5-9/h1-8H,(H,15,17)/b16-8+. The molecule has 1 heterocycles. The van der Waals surface area contributed by atoms with E-state index in [0.717, 1.165) is 5.69 Å². The lowest BCUT2D eigenvalue weighted by Gasteiger charge is -2.01. The van der Waals surface area contributed by atoms with Gasteiger partial charge in [0, 0.05) is 18.0 Å². The van der Waals surface area contributed by atoms with E-state index in [9.17, 15) is 0 Å². The molecule has 2 aromatic rings. The zero-order chi connectivity index (χ0) is 12.1. The number of anilines is 1. The Morgan fingerprint density at radius 2 is 1.71 bits per heavy atom. The number of hydrogen-bond donors (Lipinski definition) is 1. The summed E-state index contributed by atoms with van der Waals surface area (Å²) in [6, 6.07) is 8.94. The van der Waals surface area contributed by atoms with E-state index in [1.807, 2.05) is 12.1 Å². The molecule has 0 aliphatic heterocycles. The lowest BCUT2D eigenvalue weighted by Crippen LogP contribution is -1.92. The van der Waals surface area contributed by atoms with Gasteiger partial charge < -0.3 is 0 Å². The van der Waals surface area contributed by atoms with Crippen LogP contribution in [0.15, 0.2) is 47.8 Å². The summed E-state index contributed by atoms with van der Waals surface area (Å²) in [5, 5.41) is 5.20. The summed E-state index contributed by atoms with van der Waals surface area (Å²) in [5.41, 5.74) is 4.40. The van der Waals surface area contributed by atoms with Gasteiger partial charge in [0.25, 0.3) is 0 Å². The number of nitrogens with one attached hydrogen (secondary N) is 1. The first-order valence-corrected chi connectivity index (χ1v) is 5.66. The van der Waals surface area contributed by atoms with Crippen LogP contribution in [0.25, 0.3) is 0 Å². The quantitative estimate of drug-likeness (QED) is 0.677.